The number of halogens is 1. The topological polar surface area (TPSA) is 101 Å². The number of rotatable bonds is 4. The molecule has 108 valence electrons. The number of nitriles is 1. The van der Waals surface area contributed by atoms with Crippen LogP contribution in [0.5, 0.6) is 5.75 Å². The van der Waals surface area contributed by atoms with Gasteiger partial charge in [-0.1, -0.05) is 0 Å². The van der Waals surface area contributed by atoms with Gasteiger partial charge in [0, 0.05) is 5.56 Å². The highest BCUT2D eigenvalue weighted by Gasteiger charge is 2.14. The third kappa shape index (κ3) is 3.19. The number of hydrogen-bond acceptors (Lipinski definition) is 5. The zero-order valence-corrected chi connectivity index (χ0v) is 11.1. The maximum Gasteiger partial charge on any atom is 0.300 e. The van der Waals surface area contributed by atoms with Crippen LogP contribution >= 0.6 is 0 Å². The number of nitrogens with two attached hydrogens (primary N) is 1. The average Bonchev–Trinajstić information content (AvgIpc) is 2.86. The van der Waals surface area contributed by atoms with E-state index in [0.29, 0.717) is 11.3 Å². The smallest absolute Gasteiger partial charge is 0.300 e. The zero-order chi connectivity index (χ0) is 15.4. The summed E-state index contributed by atoms with van der Waals surface area (Å²) < 4.78 is 24.2. The molecule has 0 aliphatic heterocycles. The van der Waals surface area contributed by atoms with Gasteiger partial charge in [-0.05, 0) is 31.2 Å². The monoisotopic (exact) mass is 289 g/mol. The van der Waals surface area contributed by atoms with E-state index in [1.165, 1.54) is 18.2 Å². The van der Waals surface area contributed by atoms with Gasteiger partial charge in [0.25, 0.3) is 0 Å². The number of ether oxygens (including phenoxy) is 1. The van der Waals surface area contributed by atoms with Gasteiger partial charge in [-0.25, -0.2) is 10.2 Å². The molecule has 2 aromatic rings. The van der Waals surface area contributed by atoms with Crippen LogP contribution in [0.2, 0.25) is 0 Å². The molecule has 6 nitrogen and oxygen atoms in total. The molecule has 0 fully saturated rings. The number of nitrogens with zero attached hydrogens (tertiary/aromatic N) is 1. The molecule has 0 aliphatic rings. The first-order valence-corrected chi connectivity index (χ1v) is 5.98. The lowest BCUT2D eigenvalue weighted by atomic mass is 10.2. The van der Waals surface area contributed by atoms with Crippen LogP contribution < -0.4 is 16.0 Å². The number of amides is 1. The summed E-state index contributed by atoms with van der Waals surface area (Å²) in [7, 11) is 0. The van der Waals surface area contributed by atoms with Crippen molar-refractivity contribution in [1.82, 2.24) is 5.43 Å². The number of benzene rings is 1. The molecule has 1 heterocycles. The number of aryl methyl sites for hydroxylation is 1. The van der Waals surface area contributed by atoms with Gasteiger partial charge in [-0.3, -0.25) is 10.2 Å². The molecule has 0 spiro atoms. The van der Waals surface area contributed by atoms with E-state index in [1.807, 2.05) is 11.5 Å². The van der Waals surface area contributed by atoms with Crippen LogP contribution in [-0.2, 0) is 6.61 Å². The van der Waals surface area contributed by atoms with Crippen molar-refractivity contribution in [3.63, 3.8) is 0 Å². The lowest BCUT2D eigenvalue weighted by molar-refractivity contribution is 0.0924. The number of furan rings is 1. The summed E-state index contributed by atoms with van der Waals surface area (Å²) in [6, 6.07) is 7.22. The number of carbonyl (C=O) groups is 1. The zero-order valence-electron chi connectivity index (χ0n) is 11.1. The molecule has 0 radical (unpaired) electrons. The molecule has 2 rings (SSSR count). The summed E-state index contributed by atoms with van der Waals surface area (Å²) in [5.41, 5.74) is 2.76. The number of hydrogen-bond donors (Lipinski definition) is 2. The number of nitrogens with one attached hydrogen (secondary N) is 1. The molecule has 1 aromatic carbocycles. The highest BCUT2D eigenvalue weighted by Crippen LogP contribution is 2.21. The van der Waals surface area contributed by atoms with Gasteiger partial charge < -0.3 is 9.15 Å². The van der Waals surface area contributed by atoms with Crippen molar-refractivity contribution in [2.75, 3.05) is 0 Å². The summed E-state index contributed by atoms with van der Waals surface area (Å²) in [6.45, 7) is 1.68. The molecular formula is C14H12FN3O3. The average molecular weight is 289 g/mol. The molecule has 1 aromatic heterocycles. The van der Waals surface area contributed by atoms with Crippen LogP contribution in [0.4, 0.5) is 4.39 Å². The Morgan fingerprint density at radius 2 is 2.29 bits per heavy atom. The van der Waals surface area contributed by atoms with E-state index in [9.17, 15) is 9.18 Å². The summed E-state index contributed by atoms with van der Waals surface area (Å²) in [5.74, 6) is 4.36. The predicted molar refractivity (Wildman–Crippen MR) is 70.5 cm³/mol. The Balaban J connectivity index is 2.12. The number of carbonyl (C=O) groups excluding carboxylic acids is 1. The van der Waals surface area contributed by atoms with E-state index in [4.69, 9.17) is 20.3 Å². The third-order valence-corrected chi connectivity index (χ3v) is 2.82. The molecule has 0 aliphatic carbocycles. The van der Waals surface area contributed by atoms with Gasteiger partial charge >= 0.3 is 5.91 Å². The Kier molecular flexibility index (Phi) is 4.21. The minimum Gasteiger partial charge on any atom is -0.486 e. The summed E-state index contributed by atoms with van der Waals surface area (Å²) >= 11 is 0. The molecule has 0 saturated heterocycles. The van der Waals surface area contributed by atoms with Crippen LogP contribution in [0.25, 0.3) is 0 Å². The lowest BCUT2D eigenvalue weighted by Gasteiger charge is -2.06. The maximum atomic E-state index is 13.6. The standard InChI is InChI=1S/C14H12FN3O3/c1-8-10(5-13(21-8)14(19)18-17)7-20-12-3-2-9(6-16)4-11(12)15/h2-5H,7,17H2,1H3,(H,18,19). The molecule has 7 heteroatoms. The minimum absolute atomic E-state index is 0.0134. The van der Waals surface area contributed by atoms with E-state index >= 15 is 0 Å². The molecular weight excluding hydrogens is 277 g/mol. The van der Waals surface area contributed by atoms with Gasteiger partial charge in [0.15, 0.2) is 17.3 Å². The van der Waals surface area contributed by atoms with E-state index in [0.717, 1.165) is 6.07 Å². The van der Waals surface area contributed by atoms with Gasteiger partial charge in [-0.15, -0.1) is 0 Å². The van der Waals surface area contributed by atoms with E-state index in [-0.39, 0.29) is 23.7 Å². The second-order valence-corrected chi connectivity index (χ2v) is 4.21. The summed E-state index contributed by atoms with van der Waals surface area (Å²) in [5, 5.41) is 8.66. The molecule has 0 saturated carbocycles. The van der Waals surface area contributed by atoms with E-state index in [1.54, 1.807) is 6.92 Å². The Labute approximate surface area is 119 Å². The number of nitrogen functional groups attached to an aromatic ring is 1. The number of hydrazine groups is 1. The summed E-state index contributed by atoms with van der Waals surface area (Å²) in [4.78, 5) is 11.3. The molecule has 3 N–H and O–H groups in total. The van der Waals surface area contributed by atoms with Crippen LogP contribution in [-0.4, -0.2) is 5.91 Å². The van der Waals surface area contributed by atoms with Crippen LogP contribution in [0, 0.1) is 24.1 Å². The molecule has 0 bridgehead atoms. The van der Waals surface area contributed by atoms with Crippen molar-refractivity contribution in [3.8, 4) is 11.8 Å². The quantitative estimate of drug-likeness (QED) is 0.507. The SMILES string of the molecule is Cc1oc(C(=O)NN)cc1COc1ccc(C#N)cc1F. The van der Waals surface area contributed by atoms with Crippen molar-refractivity contribution in [1.29, 1.82) is 5.26 Å². The largest absolute Gasteiger partial charge is 0.486 e. The van der Waals surface area contributed by atoms with Crippen molar-refractivity contribution in [3.05, 3.63) is 52.7 Å². The molecule has 21 heavy (non-hydrogen) atoms. The predicted octanol–water partition coefficient (Wildman–Crippen LogP) is 1.78. The Morgan fingerprint density at radius 1 is 1.52 bits per heavy atom. The Hall–Kier alpha value is -2.85. The second kappa shape index (κ2) is 6.07. The van der Waals surface area contributed by atoms with Crippen LogP contribution in [0.1, 0.15) is 27.4 Å². The van der Waals surface area contributed by atoms with Gasteiger partial charge in [-0.2, -0.15) is 5.26 Å². The lowest BCUT2D eigenvalue weighted by Crippen LogP contribution is -2.29. The van der Waals surface area contributed by atoms with Gasteiger partial charge in [0.2, 0.25) is 0 Å². The Bertz CT molecular complexity index is 719. The van der Waals surface area contributed by atoms with Crippen molar-refractivity contribution < 1.29 is 18.3 Å². The summed E-state index contributed by atoms with van der Waals surface area (Å²) in [6.07, 6.45) is 0. The van der Waals surface area contributed by atoms with Crippen molar-refractivity contribution in [2.24, 2.45) is 5.84 Å². The van der Waals surface area contributed by atoms with Gasteiger partial charge in [0.05, 0.1) is 11.6 Å². The first-order valence-electron chi connectivity index (χ1n) is 5.98. The highest BCUT2D eigenvalue weighted by atomic mass is 19.1. The van der Waals surface area contributed by atoms with Crippen LogP contribution in [0.3, 0.4) is 0 Å². The van der Waals surface area contributed by atoms with Gasteiger partial charge in [0.1, 0.15) is 12.4 Å². The van der Waals surface area contributed by atoms with Crippen molar-refractivity contribution in [2.45, 2.75) is 13.5 Å². The Morgan fingerprint density at radius 3 is 2.90 bits per heavy atom. The van der Waals surface area contributed by atoms with Crippen molar-refractivity contribution >= 4 is 5.91 Å². The third-order valence-electron chi connectivity index (χ3n) is 2.82. The molecule has 0 unspecified atom stereocenters. The first kappa shape index (κ1) is 14.6. The second-order valence-electron chi connectivity index (χ2n) is 4.21. The normalized spacial score (nSPS) is 10.0. The molecule has 0 atom stereocenters. The van der Waals surface area contributed by atoms with E-state index in [2.05, 4.69) is 0 Å². The maximum absolute atomic E-state index is 13.6. The molecule has 1 amide bonds. The first-order chi connectivity index (χ1) is 10.0. The van der Waals surface area contributed by atoms with Crippen LogP contribution in [0.15, 0.2) is 28.7 Å². The fourth-order valence-electron chi connectivity index (χ4n) is 1.69. The fourth-order valence-corrected chi connectivity index (χ4v) is 1.69. The highest BCUT2D eigenvalue weighted by molar-refractivity contribution is 5.91. The fraction of sp³-hybridized carbons (Fsp3) is 0.143. The van der Waals surface area contributed by atoms with E-state index < -0.39 is 11.7 Å². The minimum atomic E-state index is -0.630.